The Morgan fingerprint density at radius 2 is 1.26 bits per heavy atom. The molecule has 0 fully saturated rings. The predicted octanol–water partition coefficient (Wildman–Crippen LogP) is 10.2. The Balaban J connectivity index is 1.47. The van der Waals surface area contributed by atoms with Crippen molar-refractivity contribution in [1.82, 2.24) is 0 Å². The first kappa shape index (κ1) is 22.6. The molecule has 0 amide bonds. The zero-order valence-corrected chi connectivity index (χ0v) is 22.4. The van der Waals surface area contributed by atoms with E-state index < -0.39 is 0 Å². The van der Waals surface area contributed by atoms with Crippen molar-refractivity contribution in [1.29, 1.82) is 0 Å². The monoisotopic (exact) mass is 498 g/mol. The molecule has 0 saturated heterocycles. The van der Waals surface area contributed by atoms with E-state index in [0.717, 1.165) is 6.42 Å². The predicted molar refractivity (Wildman–Crippen MR) is 164 cm³/mol. The smallest absolute Gasteiger partial charge is 0.0165 e. The van der Waals surface area contributed by atoms with Gasteiger partial charge in [0.1, 0.15) is 0 Å². The van der Waals surface area contributed by atoms with Crippen molar-refractivity contribution in [2.24, 2.45) is 0 Å². The largest absolute Gasteiger partial charge is 0.0622 e. The van der Waals surface area contributed by atoms with Gasteiger partial charge < -0.3 is 0 Å². The van der Waals surface area contributed by atoms with Gasteiger partial charge in [-0.15, -0.1) is 0 Å². The van der Waals surface area contributed by atoms with E-state index in [9.17, 15) is 0 Å². The summed E-state index contributed by atoms with van der Waals surface area (Å²) in [6.07, 6.45) is 1.01. The number of hydrogen-bond donors (Lipinski definition) is 0. The van der Waals surface area contributed by atoms with Crippen LogP contribution >= 0.6 is 0 Å². The SMILES string of the molecule is CC1(C)c2ccccc2-c2ccc3ccc4c(c3c21)C(c1ccccc1)Cc1ccc(-c2ccccc2)cc1-4. The summed E-state index contributed by atoms with van der Waals surface area (Å²) in [5, 5.41) is 2.80. The van der Waals surface area contributed by atoms with Crippen molar-refractivity contribution < 1.29 is 0 Å². The lowest BCUT2D eigenvalue weighted by molar-refractivity contribution is 0.664. The van der Waals surface area contributed by atoms with E-state index in [2.05, 4.69) is 141 Å². The first-order valence-corrected chi connectivity index (χ1v) is 14.0. The fourth-order valence-electron chi connectivity index (χ4n) is 7.42. The third-order valence-electron chi connectivity index (χ3n) is 9.22. The molecule has 0 nitrogen and oxygen atoms in total. The van der Waals surface area contributed by atoms with Crippen LogP contribution in [0.2, 0.25) is 0 Å². The van der Waals surface area contributed by atoms with Crippen LogP contribution in [0, 0.1) is 0 Å². The third-order valence-corrected chi connectivity index (χ3v) is 9.22. The topological polar surface area (TPSA) is 0 Å². The van der Waals surface area contributed by atoms with Gasteiger partial charge in [-0.3, -0.25) is 0 Å². The lowest BCUT2D eigenvalue weighted by Crippen LogP contribution is -2.19. The lowest BCUT2D eigenvalue weighted by Gasteiger charge is -2.33. The van der Waals surface area contributed by atoms with Gasteiger partial charge in [0.2, 0.25) is 0 Å². The van der Waals surface area contributed by atoms with Crippen molar-refractivity contribution in [3.05, 3.63) is 155 Å². The normalized spacial score (nSPS) is 16.3. The summed E-state index contributed by atoms with van der Waals surface area (Å²) < 4.78 is 0. The summed E-state index contributed by atoms with van der Waals surface area (Å²) in [6, 6.07) is 47.5. The van der Waals surface area contributed by atoms with Gasteiger partial charge in [0.15, 0.2) is 0 Å². The van der Waals surface area contributed by atoms with Crippen molar-refractivity contribution in [2.45, 2.75) is 31.6 Å². The van der Waals surface area contributed by atoms with Crippen LogP contribution in [-0.2, 0) is 11.8 Å². The van der Waals surface area contributed by atoms with Gasteiger partial charge in [-0.25, -0.2) is 0 Å². The molecule has 6 aromatic carbocycles. The summed E-state index contributed by atoms with van der Waals surface area (Å²) in [5.74, 6) is 0.311. The summed E-state index contributed by atoms with van der Waals surface area (Å²) in [4.78, 5) is 0. The highest BCUT2D eigenvalue weighted by Crippen LogP contribution is 2.55. The molecule has 186 valence electrons. The van der Waals surface area contributed by atoms with Crippen molar-refractivity contribution in [2.75, 3.05) is 0 Å². The summed E-state index contributed by atoms with van der Waals surface area (Å²) in [6.45, 7) is 4.83. The zero-order valence-electron chi connectivity index (χ0n) is 22.4. The van der Waals surface area contributed by atoms with E-state index in [0.29, 0.717) is 5.92 Å². The van der Waals surface area contributed by atoms with Crippen LogP contribution in [0.5, 0.6) is 0 Å². The number of hydrogen-bond acceptors (Lipinski definition) is 0. The Hall–Kier alpha value is -4.42. The minimum Gasteiger partial charge on any atom is -0.0622 e. The number of benzene rings is 6. The molecule has 0 saturated carbocycles. The highest BCUT2D eigenvalue weighted by atomic mass is 14.4. The van der Waals surface area contributed by atoms with Crippen molar-refractivity contribution >= 4 is 10.8 Å². The molecule has 8 rings (SSSR count). The van der Waals surface area contributed by atoms with Crippen molar-refractivity contribution in [3.63, 3.8) is 0 Å². The molecule has 1 atom stereocenters. The molecule has 6 aromatic rings. The molecule has 39 heavy (non-hydrogen) atoms. The van der Waals surface area contributed by atoms with Gasteiger partial charge in [-0.1, -0.05) is 135 Å². The standard InChI is InChI=1S/C39H30/c1-39(2)35-16-10-9-15-30(35)32-22-20-27-19-21-31-33-23-28(25-11-5-3-6-12-25)17-18-29(33)24-34(26-13-7-4-8-14-26)37(31)36(27)38(32)39/h3-23,34H,24H2,1-2H3. The molecule has 0 heterocycles. The van der Waals surface area contributed by atoms with Crippen molar-refractivity contribution in [3.8, 4) is 33.4 Å². The van der Waals surface area contributed by atoms with E-state index in [4.69, 9.17) is 0 Å². The maximum Gasteiger partial charge on any atom is 0.0165 e. The van der Waals surface area contributed by atoms with Gasteiger partial charge in [0.25, 0.3) is 0 Å². The molecular formula is C39H30. The van der Waals surface area contributed by atoms with Crippen LogP contribution < -0.4 is 0 Å². The first-order chi connectivity index (χ1) is 19.1. The molecule has 0 N–H and O–H groups in total. The fourth-order valence-corrected chi connectivity index (χ4v) is 7.42. The molecule has 2 aliphatic rings. The Labute approximate surface area is 230 Å². The number of rotatable bonds is 2. The Morgan fingerprint density at radius 1 is 0.564 bits per heavy atom. The van der Waals surface area contributed by atoms with Crippen LogP contribution in [0.4, 0.5) is 0 Å². The highest BCUT2D eigenvalue weighted by molar-refractivity contribution is 6.03. The molecule has 0 aromatic heterocycles. The van der Waals surface area contributed by atoms with Gasteiger partial charge in [0, 0.05) is 11.3 Å². The number of fused-ring (bicyclic) bond motifs is 9. The first-order valence-electron chi connectivity index (χ1n) is 14.0. The van der Waals surface area contributed by atoms with Crippen LogP contribution in [0.1, 0.15) is 47.6 Å². The van der Waals surface area contributed by atoms with E-state index in [1.165, 1.54) is 72.0 Å². The van der Waals surface area contributed by atoms with Crippen LogP contribution in [-0.4, -0.2) is 0 Å². The van der Waals surface area contributed by atoms with Crippen LogP contribution in [0.3, 0.4) is 0 Å². The van der Waals surface area contributed by atoms with Gasteiger partial charge >= 0.3 is 0 Å². The van der Waals surface area contributed by atoms with E-state index in [-0.39, 0.29) is 5.41 Å². The van der Waals surface area contributed by atoms with Gasteiger partial charge in [-0.05, 0) is 84.5 Å². The Bertz CT molecular complexity index is 1890. The fraction of sp³-hybridized carbons (Fsp3) is 0.128. The molecule has 0 heteroatoms. The minimum atomic E-state index is -0.0615. The zero-order chi connectivity index (χ0) is 26.1. The summed E-state index contributed by atoms with van der Waals surface area (Å²) >= 11 is 0. The summed E-state index contributed by atoms with van der Waals surface area (Å²) in [7, 11) is 0. The molecule has 1 unspecified atom stereocenters. The average molecular weight is 499 g/mol. The van der Waals surface area contributed by atoms with Crippen LogP contribution in [0.25, 0.3) is 44.2 Å². The maximum absolute atomic E-state index is 2.43. The third kappa shape index (κ3) is 3.25. The molecular weight excluding hydrogens is 468 g/mol. The molecule has 0 bridgehead atoms. The lowest BCUT2D eigenvalue weighted by atomic mass is 9.70. The molecule has 0 spiro atoms. The van der Waals surface area contributed by atoms with E-state index >= 15 is 0 Å². The van der Waals surface area contributed by atoms with Crippen LogP contribution in [0.15, 0.2) is 127 Å². The maximum atomic E-state index is 2.43. The second-order valence-corrected chi connectivity index (χ2v) is 11.7. The van der Waals surface area contributed by atoms with E-state index in [1.54, 1.807) is 0 Å². The van der Waals surface area contributed by atoms with E-state index in [1.807, 2.05) is 0 Å². The minimum absolute atomic E-state index is 0.0615. The quantitative estimate of drug-likeness (QED) is 0.223. The second kappa shape index (κ2) is 8.29. The van der Waals surface area contributed by atoms with Gasteiger partial charge in [-0.2, -0.15) is 0 Å². The van der Waals surface area contributed by atoms with Gasteiger partial charge in [0.05, 0.1) is 0 Å². The molecule has 0 aliphatic heterocycles. The average Bonchev–Trinajstić information content (AvgIpc) is 3.23. The molecule has 0 radical (unpaired) electrons. The Morgan fingerprint density at radius 3 is 2.05 bits per heavy atom. The Kier molecular flexibility index (Phi) is 4.79. The highest BCUT2D eigenvalue weighted by Gasteiger charge is 2.39. The summed E-state index contributed by atoms with van der Waals surface area (Å²) in [5.41, 5.74) is 15.3. The molecule has 2 aliphatic carbocycles. The second-order valence-electron chi connectivity index (χ2n) is 11.7.